The van der Waals surface area contributed by atoms with Crippen molar-refractivity contribution in [3.8, 4) is 11.8 Å². The largest absolute Gasteiger partial charge is 0.491 e. The average molecular weight is 313 g/mol. The van der Waals surface area contributed by atoms with Crippen molar-refractivity contribution in [2.75, 3.05) is 32.8 Å². The van der Waals surface area contributed by atoms with Crippen LogP contribution in [-0.4, -0.2) is 52.5 Å². The van der Waals surface area contributed by atoms with Crippen LogP contribution in [0, 0.1) is 11.3 Å². The maximum absolute atomic E-state index is 9.06. The number of aromatic nitrogens is 3. The van der Waals surface area contributed by atoms with Crippen LogP contribution in [0.15, 0.2) is 30.6 Å². The van der Waals surface area contributed by atoms with E-state index < -0.39 is 0 Å². The van der Waals surface area contributed by atoms with Crippen molar-refractivity contribution >= 4 is 0 Å². The maximum atomic E-state index is 9.06. The van der Waals surface area contributed by atoms with Gasteiger partial charge < -0.3 is 14.0 Å². The van der Waals surface area contributed by atoms with Gasteiger partial charge in [-0.3, -0.25) is 4.90 Å². The molecule has 0 spiro atoms. The monoisotopic (exact) mass is 313 g/mol. The number of aryl methyl sites for hydroxylation is 1. The van der Waals surface area contributed by atoms with Gasteiger partial charge in [-0.05, 0) is 12.1 Å². The van der Waals surface area contributed by atoms with E-state index in [-0.39, 0.29) is 6.10 Å². The first-order valence-corrected chi connectivity index (χ1v) is 7.57. The summed E-state index contributed by atoms with van der Waals surface area (Å²) >= 11 is 0. The van der Waals surface area contributed by atoms with Gasteiger partial charge >= 0.3 is 0 Å². The molecule has 7 nitrogen and oxygen atoms in total. The second-order valence-electron chi connectivity index (χ2n) is 5.42. The molecule has 0 amide bonds. The van der Waals surface area contributed by atoms with Gasteiger partial charge in [0.15, 0.2) is 5.82 Å². The Morgan fingerprint density at radius 3 is 3.09 bits per heavy atom. The van der Waals surface area contributed by atoms with Crippen LogP contribution in [0.1, 0.15) is 17.5 Å². The van der Waals surface area contributed by atoms with Gasteiger partial charge in [-0.1, -0.05) is 12.1 Å². The molecule has 1 aliphatic heterocycles. The molecule has 2 aromatic rings. The Balaban J connectivity index is 1.53. The molecule has 1 aromatic heterocycles. The molecule has 2 heterocycles. The molecule has 1 fully saturated rings. The summed E-state index contributed by atoms with van der Waals surface area (Å²) in [6.45, 7) is 3.58. The van der Waals surface area contributed by atoms with Crippen molar-refractivity contribution in [3.63, 3.8) is 0 Å². The van der Waals surface area contributed by atoms with Crippen LogP contribution < -0.4 is 4.74 Å². The third kappa shape index (κ3) is 3.67. The first-order chi connectivity index (χ1) is 11.3. The van der Waals surface area contributed by atoms with Gasteiger partial charge in [0, 0.05) is 26.7 Å². The number of nitriles is 1. The highest BCUT2D eigenvalue weighted by Crippen LogP contribution is 2.20. The van der Waals surface area contributed by atoms with Gasteiger partial charge in [0.25, 0.3) is 0 Å². The van der Waals surface area contributed by atoms with E-state index in [1.807, 2.05) is 29.8 Å². The molecule has 0 N–H and O–H groups in total. The fourth-order valence-corrected chi connectivity index (χ4v) is 2.62. The highest BCUT2D eigenvalue weighted by molar-refractivity contribution is 5.42. The number of hydrogen-bond donors (Lipinski definition) is 0. The minimum Gasteiger partial charge on any atom is -0.491 e. The maximum Gasteiger partial charge on any atom is 0.163 e. The Kier molecular flexibility index (Phi) is 4.86. The number of para-hydroxylation sites is 1. The van der Waals surface area contributed by atoms with Crippen LogP contribution in [0.4, 0.5) is 0 Å². The lowest BCUT2D eigenvalue weighted by atomic mass is 10.2. The highest BCUT2D eigenvalue weighted by atomic mass is 16.5. The molecule has 1 atom stereocenters. The summed E-state index contributed by atoms with van der Waals surface area (Å²) < 4.78 is 13.4. The number of morpholine rings is 1. The third-order valence-electron chi connectivity index (χ3n) is 3.86. The van der Waals surface area contributed by atoms with E-state index >= 15 is 0 Å². The van der Waals surface area contributed by atoms with Crippen molar-refractivity contribution in [2.45, 2.75) is 6.10 Å². The van der Waals surface area contributed by atoms with Crippen LogP contribution in [0.2, 0.25) is 0 Å². The third-order valence-corrected chi connectivity index (χ3v) is 3.86. The van der Waals surface area contributed by atoms with E-state index in [1.165, 1.54) is 0 Å². The summed E-state index contributed by atoms with van der Waals surface area (Å²) in [5, 5.41) is 17.1. The van der Waals surface area contributed by atoms with Gasteiger partial charge in [-0.25, -0.2) is 0 Å². The molecule has 1 aliphatic rings. The van der Waals surface area contributed by atoms with Gasteiger partial charge in [0.2, 0.25) is 0 Å². The zero-order valence-corrected chi connectivity index (χ0v) is 13.1. The molecule has 0 bridgehead atoms. The molecule has 0 saturated carbocycles. The summed E-state index contributed by atoms with van der Waals surface area (Å²) in [5.74, 6) is 1.47. The van der Waals surface area contributed by atoms with E-state index in [0.29, 0.717) is 24.5 Å². The summed E-state index contributed by atoms with van der Waals surface area (Å²) in [6.07, 6.45) is 1.61. The Hall–Kier alpha value is -2.43. The predicted molar refractivity (Wildman–Crippen MR) is 82.8 cm³/mol. The molecular formula is C16H19N5O2. The van der Waals surface area contributed by atoms with E-state index in [2.05, 4.69) is 21.2 Å². The normalized spacial score (nSPS) is 18.5. The average Bonchev–Trinajstić information content (AvgIpc) is 3.02. The number of rotatable bonds is 5. The zero-order valence-electron chi connectivity index (χ0n) is 13.1. The lowest BCUT2D eigenvalue weighted by Crippen LogP contribution is -2.41. The van der Waals surface area contributed by atoms with Crippen molar-refractivity contribution in [2.24, 2.45) is 7.05 Å². The fraction of sp³-hybridized carbons (Fsp3) is 0.438. The second kappa shape index (κ2) is 7.22. The van der Waals surface area contributed by atoms with Crippen LogP contribution in [0.5, 0.6) is 5.75 Å². The smallest absolute Gasteiger partial charge is 0.163 e. The Labute approximate surface area is 135 Å². The summed E-state index contributed by atoms with van der Waals surface area (Å²) in [4.78, 5) is 2.28. The first kappa shape index (κ1) is 15.5. The lowest BCUT2D eigenvalue weighted by molar-refractivity contribution is -0.0384. The predicted octanol–water partition coefficient (Wildman–Crippen LogP) is 1.14. The Bertz CT molecular complexity index is 694. The van der Waals surface area contributed by atoms with Gasteiger partial charge in [0.1, 0.15) is 30.9 Å². The molecule has 23 heavy (non-hydrogen) atoms. The number of ether oxygens (including phenoxy) is 2. The molecule has 0 unspecified atom stereocenters. The minimum absolute atomic E-state index is 0.0670. The molecule has 1 saturated heterocycles. The minimum atomic E-state index is -0.0670. The van der Waals surface area contributed by atoms with Gasteiger partial charge in [-0.2, -0.15) is 5.26 Å². The van der Waals surface area contributed by atoms with Crippen molar-refractivity contribution in [1.29, 1.82) is 5.26 Å². The van der Waals surface area contributed by atoms with Crippen LogP contribution in [-0.2, 0) is 11.8 Å². The quantitative estimate of drug-likeness (QED) is 0.824. The molecule has 120 valence electrons. The number of benzene rings is 1. The summed E-state index contributed by atoms with van der Waals surface area (Å²) in [5.41, 5.74) is 0.562. The van der Waals surface area contributed by atoms with Crippen LogP contribution in [0.25, 0.3) is 0 Å². The van der Waals surface area contributed by atoms with E-state index in [1.54, 1.807) is 12.4 Å². The fourth-order valence-electron chi connectivity index (χ4n) is 2.62. The summed E-state index contributed by atoms with van der Waals surface area (Å²) in [6, 6.07) is 9.42. The van der Waals surface area contributed by atoms with E-state index in [9.17, 15) is 0 Å². The van der Waals surface area contributed by atoms with Gasteiger partial charge in [0.05, 0.1) is 12.2 Å². The second-order valence-corrected chi connectivity index (χ2v) is 5.42. The number of nitrogens with zero attached hydrogens (tertiary/aromatic N) is 5. The highest BCUT2D eigenvalue weighted by Gasteiger charge is 2.25. The standard InChI is InChI=1S/C16H19N5O2/c1-20-12-18-19-16(20)15-11-21(7-9-23-15)6-8-22-14-5-3-2-4-13(14)10-17/h2-5,12,15H,6-9,11H2,1H3/t15-/m0/s1. The molecule has 3 rings (SSSR count). The van der Waals surface area contributed by atoms with Crippen LogP contribution >= 0.6 is 0 Å². The van der Waals surface area contributed by atoms with Crippen molar-refractivity contribution in [3.05, 3.63) is 42.0 Å². The molecule has 0 aliphatic carbocycles. The van der Waals surface area contributed by atoms with Crippen molar-refractivity contribution in [1.82, 2.24) is 19.7 Å². The first-order valence-electron chi connectivity index (χ1n) is 7.57. The topological polar surface area (TPSA) is 76.2 Å². The van der Waals surface area contributed by atoms with E-state index in [4.69, 9.17) is 14.7 Å². The zero-order chi connectivity index (χ0) is 16.1. The molecule has 7 heteroatoms. The number of hydrogen-bond acceptors (Lipinski definition) is 6. The lowest BCUT2D eigenvalue weighted by Gasteiger charge is -2.32. The molecule has 0 radical (unpaired) electrons. The van der Waals surface area contributed by atoms with Crippen LogP contribution in [0.3, 0.4) is 0 Å². The molecular weight excluding hydrogens is 294 g/mol. The van der Waals surface area contributed by atoms with Crippen molar-refractivity contribution < 1.29 is 9.47 Å². The summed E-state index contributed by atoms with van der Waals surface area (Å²) in [7, 11) is 1.92. The molecule has 1 aromatic carbocycles. The SMILES string of the molecule is Cn1cnnc1[C@@H]1CN(CCOc2ccccc2C#N)CCO1. The Morgan fingerprint density at radius 1 is 1.43 bits per heavy atom. The Morgan fingerprint density at radius 2 is 2.30 bits per heavy atom. The van der Waals surface area contributed by atoms with Gasteiger partial charge in [-0.15, -0.1) is 10.2 Å². The van der Waals surface area contributed by atoms with E-state index in [0.717, 1.165) is 25.5 Å².